The fourth-order valence-electron chi connectivity index (χ4n) is 4.97. The predicted octanol–water partition coefficient (Wildman–Crippen LogP) is 1.22. The zero-order chi connectivity index (χ0) is 27.5. The van der Waals surface area contributed by atoms with Crippen LogP contribution in [-0.2, 0) is 35.3 Å². The minimum absolute atomic E-state index is 0.0276. The van der Waals surface area contributed by atoms with Crippen molar-refractivity contribution in [2.45, 2.75) is 89.0 Å². The summed E-state index contributed by atoms with van der Waals surface area (Å²) in [5.41, 5.74) is 1.51. The van der Waals surface area contributed by atoms with Gasteiger partial charge >= 0.3 is 5.97 Å². The van der Waals surface area contributed by atoms with Crippen LogP contribution in [0.3, 0.4) is 0 Å². The number of anilines is 1. The van der Waals surface area contributed by atoms with Crippen molar-refractivity contribution in [3.8, 4) is 0 Å². The highest BCUT2D eigenvalue weighted by Gasteiger charge is 2.43. The van der Waals surface area contributed by atoms with Gasteiger partial charge in [0.05, 0.1) is 12.6 Å². The maximum atomic E-state index is 13.4. The van der Waals surface area contributed by atoms with Gasteiger partial charge in [0.2, 0.25) is 24.1 Å². The van der Waals surface area contributed by atoms with E-state index in [1.165, 1.54) is 0 Å². The second kappa shape index (κ2) is 14.5. The summed E-state index contributed by atoms with van der Waals surface area (Å²) in [6.45, 7) is 2.69. The van der Waals surface area contributed by atoms with Gasteiger partial charge in [-0.15, -0.1) is 0 Å². The van der Waals surface area contributed by atoms with E-state index < -0.39 is 18.1 Å². The number of ether oxygens (including phenoxy) is 1. The maximum absolute atomic E-state index is 13.4. The SMILES string of the molecule is CNC(C)C(=O)NC1CCCCC2CCC(C(=O)NCc3cccc(NC=O)c3)N2C1=O.O=C1CCCO1. The molecule has 3 heterocycles. The molecule has 3 aliphatic rings. The molecule has 0 saturated carbocycles. The number of carbonyl (C=O) groups is 5. The van der Waals surface area contributed by atoms with Gasteiger partial charge in [-0.2, -0.15) is 0 Å². The average molecular weight is 530 g/mol. The summed E-state index contributed by atoms with van der Waals surface area (Å²) in [6, 6.07) is 5.71. The van der Waals surface area contributed by atoms with Gasteiger partial charge in [-0.05, 0) is 63.8 Å². The number of hydrogen-bond donors (Lipinski definition) is 4. The number of benzene rings is 1. The first-order valence-corrected chi connectivity index (χ1v) is 13.4. The van der Waals surface area contributed by atoms with Gasteiger partial charge in [-0.1, -0.05) is 25.0 Å². The molecule has 0 spiro atoms. The molecule has 4 N–H and O–H groups in total. The molecule has 0 aliphatic carbocycles. The first-order valence-electron chi connectivity index (χ1n) is 13.4. The second-order valence-electron chi connectivity index (χ2n) is 9.85. The molecule has 0 aromatic heterocycles. The van der Waals surface area contributed by atoms with Crippen LogP contribution in [0.2, 0.25) is 0 Å². The molecule has 0 bridgehead atoms. The Bertz CT molecular complexity index is 994. The van der Waals surface area contributed by atoms with Gasteiger partial charge < -0.3 is 30.9 Å². The Kier molecular flexibility index (Phi) is 11.1. The van der Waals surface area contributed by atoms with E-state index in [1.807, 2.05) is 6.07 Å². The van der Waals surface area contributed by atoms with Gasteiger partial charge in [0.1, 0.15) is 12.1 Å². The highest BCUT2D eigenvalue weighted by Crippen LogP contribution is 2.31. The molecule has 0 radical (unpaired) electrons. The number of fused-ring (bicyclic) bond motifs is 1. The van der Waals surface area contributed by atoms with E-state index in [0.717, 1.165) is 37.7 Å². The monoisotopic (exact) mass is 529 g/mol. The fourth-order valence-corrected chi connectivity index (χ4v) is 4.97. The first kappa shape index (κ1) is 29.1. The Balaban J connectivity index is 0.000000585. The third kappa shape index (κ3) is 8.01. The molecule has 1 aromatic carbocycles. The van der Waals surface area contributed by atoms with E-state index in [1.54, 1.807) is 37.1 Å². The Morgan fingerprint density at radius 1 is 1.13 bits per heavy atom. The quantitative estimate of drug-likeness (QED) is 0.293. The maximum Gasteiger partial charge on any atom is 0.305 e. The minimum atomic E-state index is -0.611. The molecular formula is C27H39N5O6. The molecule has 4 atom stereocenters. The van der Waals surface area contributed by atoms with E-state index in [0.29, 0.717) is 44.5 Å². The normalized spacial score (nSPS) is 23.5. The van der Waals surface area contributed by atoms with Gasteiger partial charge in [-0.25, -0.2) is 0 Å². The van der Waals surface area contributed by atoms with E-state index in [2.05, 4.69) is 26.0 Å². The van der Waals surface area contributed by atoms with Crippen molar-refractivity contribution in [1.82, 2.24) is 20.9 Å². The number of amides is 4. The Morgan fingerprint density at radius 3 is 2.58 bits per heavy atom. The number of rotatable bonds is 8. The van der Waals surface area contributed by atoms with E-state index in [9.17, 15) is 24.0 Å². The Labute approximate surface area is 223 Å². The summed E-state index contributed by atoms with van der Waals surface area (Å²) in [5, 5.41) is 11.3. The molecule has 11 nitrogen and oxygen atoms in total. The standard InChI is InChI=1S/C23H33N5O4.C4H6O2/c1-15(24-2)21(30)27-19-9-4-3-8-18-10-11-20(28(18)23(19)32)22(31)25-13-16-6-5-7-17(12-16)26-14-29;5-4-2-1-3-6-4/h5-7,12,14-15,18-20,24H,3-4,8-11,13H2,1-2H3,(H,25,31)(H,26,29)(H,27,30);1-3H2. The van der Waals surface area contributed by atoms with Crippen molar-refractivity contribution < 1.29 is 28.7 Å². The average Bonchev–Trinajstić information content (AvgIpc) is 3.57. The molecule has 208 valence electrons. The molecule has 3 aliphatic heterocycles. The predicted molar refractivity (Wildman–Crippen MR) is 141 cm³/mol. The van der Waals surface area contributed by atoms with Crippen molar-refractivity contribution in [3.05, 3.63) is 29.8 Å². The molecule has 4 unspecified atom stereocenters. The molecule has 4 amide bonds. The first-order chi connectivity index (χ1) is 18.3. The van der Waals surface area contributed by atoms with E-state index in [-0.39, 0.29) is 29.7 Å². The summed E-state index contributed by atoms with van der Waals surface area (Å²) in [5.74, 6) is -0.619. The molecule has 11 heteroatoms. The summed E-state index contributed by atoms with van der Waals surface area (Å²) in [7, 11) is 1.70. The summed E-state index contributed by atoms with van der Waals surface area (Å²) < 4.78 is 4.51. The summed E-state index contributed by atoms with van der Waals surface area (Å²) in [4.78, 5) is 61.2. The van der Waals surface area contributed by atoms with Crippen molar-refractivity contribution in [2.24, 2.45) is 0 Å². The molecule has 3 fully saturated rings. The number of nitrogens with one attached hydrogen (secondary N) is 4. The topological polar surface area (TPSA) is 146 Å². The van der Waals surface area contributed by atoms with Crippen molar-refractivity contribution in [3.63, 3.8) is 0 Å². The molecule has 4 rings (SSSR count). The third-order valence-electron chi connectivity index (χ3n) is 7.19. The lowest BCUT2D eigenvalue weighted by Gasteiger charge is -2.35. The molecule has 38 heavy (non-hydrogen) atoms. The fraction of sp³-hybridized carbons (Fsp3) is 0.593. The lowest BCUT2D eigenvalue weighted by Crippen LogP contribution is -2.57. The van der Waals surface area contributed by atoms with Crippen LogP contribution < -0.4 is 21.3 Å². The van der Waals surface area contributed by atoms with Gasteiger partial charge in [-0.3, -0.25) is 24.0 Å². The number of likely N-dealkylation sites (N-methyl/N-ethyl adjacent to an activating group) is 1. The third-order valence-corrected chi connectivity index (χ3v) is 7.19. The number of nitrogens with zero attached hydrogens (tertiary/aromatic N) is 1. The second-order valence-corrected chi connectivity index (χ2v) is 9.85. The zero-order valence-electron chi connectivity index (χ0n) is 22.2. The number of hydrogen-bond acceptors (Lipinski definition) is 7. The van der Waals surface area contributed by atoms with Gasteiger partial charge in [0, 0.05) is 24.7 Å². The van der Waals surface area contributed by atoms with Crippen LogP contribution in [0.4, 0.5) is 5.69 Å². The molecule has 1 aromatic rings. The van der Waals surface area contributed by atoms with Gasteiger partial charge in [0.25, 0.3) is 0 Å². The lowest BCUT2D eigenvalue weighted by atomic mass is 9.98. The van der Waals surface area contributed by atoms with Crippen LogP contribution in [0.25, 0.3) is 0 Å². The highest BCUT2D eigenvalue weighted by atomic mass is 16.5. The Hall–Kier alpha value is -3.47. The van der Waals surface area contributed by atoms with Crippen LogP contribution >= 0.6 is 0 Å². The van der Waals surface area contributed by atoms with Crippen molar-refractivity contribution in [1.29, 1.82) is 0 Å². The number of esters is 1. The molecular weight excluding hydrogens is 490 g/mol. The minimum Gasteiger partial charge on any atom is -0.466 e. The van der Waals surface area contributed by atoms with Crippen molar-refractivity contribution >= 4 is 35.8 Å². The number of carbonyl (C=O) groups excluding carboxylic acids is 5. The van der Waals surface area contributed by atoms with Crippen molar-refractivity contribution in [2.75, 3.05) is 19.0 Å². The summed E-state index contributed by atoms with van der Waals surface area (Å²) >= 11 is 0. The highest BCUT2D eigenvalue weighted by molar-refractivity contribution is 5.93. The smallest absolute Gasteiger partial charge is 0.305 e. The van der Waals surface area contributed by atoms with Gasteiger partial charge in [0.15, 0.2) is 0 Å². The van der Waals surface area contributed by atoms with Crippen LogP contribution in [-0.4, -0.2) is 72.8 Å². The van der Waals surface area contributed by atoms with Crippen LogP contribution in [0.15, 0.2) is 24.3 Å². The number of cyclic esters (lactones) is 1. The zero-order valence-corrected chi connectivity index (χ0v) is 22.2. The van der Waals surface area contributed by atoms with Crippen LogP contribution in [0, 0.1) is 0 Å². The van der Waals surface area contributed by atoms with Crippen LogP contribution in [0.5, 0.6) is 0 Å². The Morgan fingerprint density at radius 2 is 1.92 bits per heavy atom. The lowest BCUT2D eigenvalue weighted by molar-refractivity contribution is -0.144. The largest absolute Gasteiger partial charge is 0.466 e. The van der Waals surface area contributed by atoms with E-state index >= 15 is 0 Å². The summed E-state index contributed by atoms with van der Waals surface area (Å²) in [6.07, 6.45) is 6.84. The van der Waals surface area contributed by atoms with E-state index in [4.69, 9.17) is 0 Å². The van der Waals surface area contributed by atoms with Crippen LogP contribution in [0.1, 0.15) is 63.9 Å². The molecule has 3 saturated heterocycles.